The highest BCUT2D eigenvalue weighted by Crippen LogP contribution is 2.15. The second kappa shape index (κ2) is 6.25. The van der Waals surface area contributed by atoms with Crippen molar-refractivity contribution in [2.45, 2.75) is 6.18 Å². The number of carboxylic acid groups (broad SMARTS) is 1. The lowest BCUT2D eigenvalue weighted by Crippen LogP contribution is -2.19. The topological polar surface area (TPSA) is 55.8 Å². The standard InChI is InChI=1S/C11H11F3O4/c12-11(13,14)7-17-4-5-18-9-3-1-2-8(6-9)10(15)16/h1-3,6H,4-5,7H2,(H,15,16). The van der Waals surface area contributed by atoms with Crippen LogP contribution in [0.25, 0.3) is 0 Å². The smallest absolute Gasteiger partial charge is 0.411 e. The van der Waals surface area contributed by atoms with E-state index >= 15 is 0 Å². The number of halogens is 3. The van der Waals surface area contributed by atoms with Gasteiger partial charge in [-0.15, -0.1) is 0 Å². The summed E-state index contributed by atoms with van der Waals surface area (Å²) >= 11 is 0. The van der Waals surface area contributed by atoms with Gasteiger partial charge in [0.1, 0.15) is 19.0 Å². The predicted octanol–water partition coefficient (Wildman–Crippen LogP) is 2.34. The van der Waals surface area contributed by atoms with Crippen LogP contribution >= 0.6 is 0 Å². The Bertz CT molecular complexity index is 404. The number of ether oxygens (including phenoxy) is 2. The minimum absolute atomic E-state index is 0.0451. The highest BCUT2D eigenvalue weighted by molar-refractivity contribution is 5.87. The number of alkyl halides is 3. The SMILES string of the molecule is O=C(O)c1cccc(OCCOCC(F)(F)F)c1. The molecule has 1 rings (SSSR count). The van der Waals surface area contributed by atoms with E-state index in [-0.39, 0.29) is 24.5 Å². The number of carboxylic acids is 1. The molecule has 0 aliphatic rings. The molecule has 4 nitrogen and oxygen atoms in total. The van der Waals surface area contributed by atoms with E-state index in [1.165, 1.54) is 24.3 Å². The maximum Gasteiger partial charge on any atom is 0.411 e. The van der Waals surface area contributed by atoms with E-state index in [2.05, 4.69) is 4.74 Å². The highest BCUT2D eigenvalue weighted by atomic mass is 19.4. The molecule has 100 valence electrons. The van der Waals surface area contributed by atoms with Crippen LogP contribution in [0.5, 0.6) is 5.75 Å². The monoisotopic (exact) mass is 264 g/mol. The van der Waals surface area contributed by atoms with Crippen molar-refractivity contribution in [2.24, 2.45) is 0 Å². The van der Waals surface area contributed by atoms with Crippen molar-refractivity contribution in [3.8, 4) is 5.75 Å². The van der Waals surface area contributed by atoms with Crippen molar-refractivity contribution in [3.63, 3.8) is 0 Å². The molecule has 1 N–H and O–H groups in total. The van der Waals surface area contributed by atoms with Gasteiger partial charge in [0.05, 0.1) is 12.2 Å². The van der Waals surface area contributed by atoms with Gasteiger partial charge in [0.2, 0.25) is 0 Å². The van der Waals surface area contributed by atoms with Gasteiger partial charge in [-0.1, -0.05) is 6.07 Å². The minimum atomic E-state index is -4.36. The van der Waals surface area contributed by atoms with Crippen LogP contribution in [0, 0.1) is 0 Å². The van der Waals surface area contributed by atoms with E-state index in [1.807, 2.05) is 0 Å². The molecule has 0 aliphatic heterocycles. The van der Waals surface area contributed by atoms with Gasteiger partial charge in [0.15, 0.2) is 0 Å². The number of hydrogen-bond donors (Lipinski definition) is 1. The predicted molar refractivity (Wildman–Crippen MR) is 55.8 cm³/mol. The molecule has 1 aromatic carbocycles. The quantitative estimate of drug-likeness (QED) is 0.801. The number of benzene rings is 1. The molecule has 0 unspecified atom stereocenters. The van der Waals surface area contributed by atoms with Gasteiger partial charge in [0.25, 0.3) is 0 Å². The van der Waals surface area contributed by atoms with E-state index in [4.69, 9.17) is 9.84 Å². The van der Waals surface area contributed by atoms with Crippen molar-refractivity contribution in [1.82, 2.24) is 0 Å². The fourth-order valence-corrected chi connectivity index (χ4v) is 1.13. The second-order valence-corrected chi connectivity index (χ2v) is 3.35. The first-order valence-corrected chi connectivity index (χ1v) is 4.99. The molecule has 0 spiro atoms. The Morgan fingerprint density at radius 3 is 2.61 bits per heavy atom. The second-order valence-electron chi connectivity index (χ2n) is 3.35. The normalized spacial score (nSPS) is 11.3. The average molecular weight is 264 g/mol. The number of rotatable bonds is 6. The van der Waals surface area contributed by atoms with Crippen LogP contribution in [-0.4, -0.2) is 37.1 Å². The molecule has 7 heteroatoms. The van der Waals surface area contributed by atoms with Crippen LogP contribution in [0.4, 0.5) is 13.2 Å². The molecule has 0 aliphatic carbocycles. The number of aromatic carboxylic acids is 1. The summed E-state index contributed by atoms with van der Waals surface area (Å²) in [7, 11) is 0. The lowest BCUT2D eigenvalue weighted by Gasteiger charge is -2.09. The summed E-state index contributed by atoms with van der Waals surface area (Å²) in [6.07, 6.45) is -4.36. The molecule has 0 radical (unpaired) electrons. The van der Waals surface area contributed by atoms with E-state index in [0.29, 0.717) is 0 Å². The molecule has 0 saturated heterocycles. The Hall–Kier alpha value is -1.76. The van der Waals surface area contributed by atoms with Crippen LogP contribution in [0.15, 0.2) is 24.3 Å². The molecular formula is C11H11F3O4. The minimum Gasteiger partial charge on any atom is -0.491 e. The average Bonchev–Trinajstić information content (AvgIpc) is 2.27. The fourth-order valence-electron chi connectivity index (χ4n) is 1.13. The Morgan fingerprint density at radius 1 is 1.28 bits per heavy atom. The van der Waals surface area contributed by atoms with Crippen molar-refractivity contribution >= 4 is 5.97 Å². The maximum atomic E-state index is 11.7. The van der Waals surface area contributed by atoms with Gasteiger partial charge < -0.3 is 14.6 Å². The Labute approximate surface area is 101 Å². The summed E-state index contributed by atoms with van der Waals surface area (Å²) in [5.41, 5.74) is 0.0451. The zero-order chi connectivity index (χ0) is 13.6. The van der Waals surface area contributed by atoms with Gasteiger partial charge in [0, 0.05) is 0 Å². The van der Waals surface area contributed by atoms with Gasteiger partial charge in [-0.3, -0.25) is 0 Å². The van der Waals surface area contributed by atoms with Crippen molar-refractivity contribution in [1.29, 1.82) is 0 Å². The highest BCUT2D eigenvalue weighted by Gasteiger charge is 2.27. The van der Waals surface area contributed by atoms with Crippen LogP contribution in [0.2, 0.25) is 0 Å². The van der Waals surface area contributed by atoms with E-state index in [1.54, 1.807) is 0 Å². The molecule has 18 heavy (non-hydrogen) atoms. The van der Waals surface area contributed by atoms with Crippen LogP contribution in [0.1, 0.15) is 10.4 Å². The van der Waals surface area contributed by atoms with Gasteiger partial charge in [-0.2, -0.15) is 13.2 Å². The van der Waals surface area contributed by atoms with Crippen molar-refractivity contribution < 1.29 is 32.5 Å². The van der Waals surface area contributed by atoms with E-state index < -0.39 is 18.8 Å². The molecule has 0 aromatic heterocycles. The summed E-state index contributed by atoms with van der Waals surface area (Å²) in [6.45, 7) is -1.64. The molecule has 0 atom stereocenters. The molecule has 0 saturated carbocycles. The third-order valence-electron chi connectivity index (χ3n) is 1.84. The Morgan fingerprint density at radius 2 is 2.00 bits per heavy atom. The van der Waals surface area contributed by atoms with Gasteiger partial charge >= 0.3 is 12.1 Å². The number of carbonyl (C=O) groups is 1. The molecule has 0 fully saturated rings. The maximum absolute atomic E-state index is 11.7. The summed E-state index contributed by atoms with van der Waals surface area (Å²) in [4.78, 5) is 10.6. The molecule has 1 aromatic rings. The van der Waals surface area contributed by atoms with Crippen LogP contribution in [0.3, 0.4) is 0 Å². The fraction of sp³-hybridized carbons (Fsp3) is 0.364. The largest absolute Gasteiger partial charge is 0.491 e. The Balaban J connectivity index is 2.31. The third kappa shape index (κ3) is 5.53. The summed E-state index contributed by atoms with van der Waals surface area (Å²) < 4.78 is 44.5. The number of hydrogen-bond acceptors (Lipinski definition) is 3. The zero-order valence-corrected chi connectivity index (χ0v) is 9.24. The van der Waals surface area contributed by atoms with Crippen molar-refractivity contribution in [3.05, 3.63) is 29.8 Å². The third-order valence-corrected chi connectivity index (χ3v) is 1.84. The van der Waals surface area contributed by atoms with E-state index in [0.717, 1.165) is 0 Å². The van der Waals surface area contributed by atoms with Crippen LogP contribution < -0.4 is 4.74 Å². The van der Waals surface area contributed by atoms with Gasteiger partial charge in [-0.25, -0.2) is 4.79 Å². The van der Waals surface area contributed by atoms with Crippen molar-refractivity contribution in [2.75, 3.05) is 19.8 Å². The summed E-state index contributed by atoms with van der Waals surface area (Å²) in [5.74, 6) is -0.834. The first-order chi connectivity index (χ1) is 8.38. The molecule has 0 amide bonds. The lowest BCUT2D eigenvalue weighted by atomic mass is 10.2. The van der Waals surface area contributed by atoms with Crippen LogP contribution in [-0.2, 0) is 4.74 Å². The lowest BCUT2D eigenvalue weighted by molar-refractivity contribution is -0.175. The molecule has 0 bridgehead atoms. The van der Waals surface area contributed by atoms with E-state index in [9.17, 15) is 18.0 Å². The Kier molecular flexibility index (Phi) is 4.96. The molecule has 0 heterocycles. The molecular weight excluding hydrogens is 253 g/mol. The summed E-state index contributed by atoms with van der Waals surface area (Å²) in [6, 6.07) is 5.66. The first kappa shape index (κ1) is 14.3. The zero-order valence-electron chi connectivity index (χ0n) is 9.24. The summed E-state index contributed by atoms with van der Waals surface area (Å²) in [5, 5.41) is 8.70. The van der Waals surface area contributed by atoms with Gasteiger partial charge in [-0.05, 0) is 18.2 Å². The first-order valence-electron chi connectivity index (χ1n) is 4.99.